The molecule has 3 aromatic carbocycles. The highest BCUT2D eigenvalue weighted by Gasteiger charge is 2.32. The molecule has 0 atom stereocenters. The quantitative estimate of drug-likeness (QED) is 0.312. The third kappa shape index (κ3) is 5.92. The Morgan fingerprint density at radius 2 is 1.44 bits per heavy atom. The molecule has 0 spiro atoms. The van der Waals surface area contributed by atoms with E-state index in [2.05, 4.69) is 4.90 Å². The number of likely N-dealkylation sites (tertiary alicyclic amines) is 1. The summed E-state index contributed by atoms with van der Waals surface area (Å²) in [6, 6.07) is 23.6. The van der Waals surface area contributed by atoms with Crippen LogP contribution in [0.4, 0.5) is 11.4 Å². The molecular formula is C27H32N4O4S. The highest BCUT2D eigenvalue weighted by atomic mass is 32.2. The second-order valence-electron chi connectivity index (χ2n) is 9.29. The van der Waals surface area contributed by atoms with Gasteiger partial charge in [-0.25, -0.2) is 8.42 Å². The lowest BCUT2D eigenvalue weighted by Crippen LogP contribution is -2.44. The van der Waals surface area contributed by atoms with Gasteiger partial charge in [0, 0.05) is 32.2 Å². The second-order valence-corrected chi connectivity index (χ2v) is 11.3. The number of anilines is 1. The number of hydrogen-bond acceptors (Lipinski definition) is 6. The fraction of sp³-hybridized carbons (Fsp3) is 0.333. The van der Waals surface area contributed by atoms with Gasteiger partial charge < -0.3 is 9.80 Å². The van der Waals surface area contributed by atoms with Crippen LogP contribution in [0.15, 0.2) is 83.8 Å². The topological polar surface area (TPSA) is 87.0 Å². The number of nitrogens with zero attached hydrogens (tertiary/aromatic N) is 4. The van der Waals surface area contributed by atoms with E-state index in [-0.39, 0.29) is 16.6 Å². The van der Waals surface area contributed by atoms with Crippen LogP contribution in [0, 0.1) is 10.1 Å². The zero-order valence-corrected chi connectivity index (χ0v) is 21.5. The van der Waals surface area contributed by atoms with Gasteiger partial charge >= 0.3 is 0 Å². The van der Waals surface area contributed by atoms with E-state index in [0.29, 0.717) is 18.8 Å². The third-order valence-electron chi connectivity index (χ3n) is 6.80. The summed E-state index contributed by atoms with van der Waals surface area (Å²) in [6.07, 6.45) is 1.46. The molecule has 4 rings (SSSR count). The maximum Gasteiger partial charge on any atom is 0.293 e. The summed E-state index contributed by atoms with van der Waals surface area (Å²) in [7, 11) is -0.292. The van der Waals surface area contributed by atoms with Gasteiger partial charge in [-0.2, -0.15) is 4.31 Å². The molecule has 0 amide bonds. The second kappa shape index (κ2) is 11.2. The van der Waals surface area contributed by atoms with Crippen molar-refractivity contribution in [1.82, 2.24) is 9.21 Å². The standard InChI is InChI=1S/C27H32N4O4S/c1-28-17-15-24(16-18-28)29(2)36(34,35)25-13-14-26(27(19-25)31(32)33)30(20-22-9-5-3-6-10-22)21-23-11-7-4-8-12-23/h3-14,19,24H,15-18,20-21H2,1-2H3. The Kier molecular flexibility index (Phi) is 8.03. The van der Waals surface area contributed by atoms with Gasteiger partial charge in [0.1, 0.15) is 5.69 Å². The monoisotopic (exact) mass is 508 g/mol. The lowest BCUT2D eigenvalue weighted by molar-refractivity contribution is -0.384. The number of sulfonamides is 1. The maximum atomic E-state index is 13.4. The molecule has 0 saturated carbocycles. The molecule has 1 aliphatic heterocycles. The van der Waals surface area contributed by atoms with Crippen LogP contribution >= 0.6 is 0 Å². The van der Waals surface area contributed by atoms with Crippen LogP contribution < -0.4 is 4.90 Å². The largest absolute Gasteiger partial charge is 0.357 e. The van der Waals surface area contributed by atoms with Crippen molar-refractivity contribution in [2.24, 2.45) is 0 Å². The minimum Gasteiger partial charge on any atom is -0.357 e. The van der Waals surface area contributed by atoms with Gasteiger partial charge in [-0.1, -0.05) is 60.7 Å². The van der Waals surface area contributed by atoms with E-state index in [1.165, 1.54) is 16.4 Å². The molecule has 0 radical (unpaired) electrons. The van der Waals surface area contributed by atoms with Crippen molar-refractivity contribution in [2.45, 2.75) is 36.9 Å². The van der Waals surface area contributed by atoms with Gasteiger partial charge in [-0.3, -0.25) is 10.1 Å². The predicted molar refractivity (Wildman–Crippen MR) is 141 cm³/mol. The van der Waals surface area contributed by atoms with E-state index in [1.807, 2.05) is 72.6 Å². The number of benzene rings is 3. The zero-order chi connectivity index (χ0) is 25.7. The molecular weight excluding hydrogens is 476 g/mol. The summed E-state index contributed by atoms with van der Waals surface area (Å²) >= 11 is 0. The van der Waals surface area contributed by atoms with Crippen molar-refractivity contribution >= 4 is 21.4 Å². The molecule has 8 nitrogen and oxygen atoms in total. The highest BCUT2D eigenvalue weighted by Crippen LogP contribution is 2.34. The molecule has 36 heavy (non-hydrogen) atoms. The smallest absolute Gasteiger partial charge is 0.293 e. The Balaban J connectivity index is 1.69. The van der Waals surface area contributed by atoms with Crippen LogP contribution in [0.2, 0.25) is 0 Å². The molecule has 1 heterocycles. The fourth-order valence-electron chi connectivity index (χ4n) is 4.63. The average molecular weight is 509 g/mol. The Hall–Kier alpha value is -3.27. The van der Waals surface area contributed by atoms with Crippen LogP contribution in [0.25, 0.3) is 0 Å². The Morgan fingerprint density at radius 1 is 0.917 bits per heavy atom. The van der Waals surface area contributed by atoms with Gasteiger partial charge in [0.05, 0.1) is 9.82 Å². The highest BCUT2D eigenvalue weighted by molar-refractivity contribution is 7.89. The van der Waals surface area contributed by atoms with E-state index < -0.39 is 14.9 Å². The Bertz CT molecular complexity index is 1240. The molecule has 0 bridgehead atoms. The first-order valence-electron chi connectivity index (χ1n) is 12.0. The van der Waals surface area contributed by atoms with Crippen LogP contribution in [0.1, 0.15) is 24.0 Å². The summed E-state index contributed by atoms with van der Waals surface area (Å²) < 4.78 is 28.2. The molecule has 1 saturated heterocycles. The van der Waals surface area contributed by atoms with E-state index in [0.717, 1.165) is 37.1 Å². The SMILES string of the molecule is CN1CCC(N(C)S(=O)(=O)c2ccc(N(Cc3ccccc3)Cc3ccccc3)c([N+](=O)[O-])c2)CC1. The van der Waals surface area contributed by atoms with Gasteiger partial charge in [-0.05, 0) is 56.2 Å². The van der Waals surface area contributed by atoms with Gasteiger partial charge in [0.15, 0.2) is 0 Å². The number of nitro groups is 1. The van der Waals surface area contributed by atoms with E-state index in [9.17, 15) is 18.5 Å². The molecule has 1 fully saturated rings. The first kappa shape index (κ1) is 25.8. The third-order valence-corrected chi connectivity index (χ3v) is 8.70. The summed E-state index contributed by atoms with van der Waals surface area (Å²) in [4.78, 5) is 15.7. The van der Waals surface area contributed by atoms with Gasteiger partial charge in [0.2, 0.25) is 10.0 Å². The number of hydrogen-bond donors (Lipinski definition) is 0. The molecule has 190 valence electrons. The molecule has 9 heteroatoms. The molecule has 0 unspecified atom stereocenters. The minimum atomic E-state index is -3.88. The minimum absolute atomic E-state index is 0.0567. The lowest BCUT2D eigenvalue weighted by Gasteiger charge is -2.34. The van der Waals surface area contributed by atoms with Crippen LogP contribution in [-0.2, 0) is 23.1 Å². The summed E-state index contributed by atoms with van der Waals surface area (Å²) in [5, 5.41) is 12.2. The Morgan fingerprint density at radius 3 is 1.94 bits per heavy atom. The van der Waals surface area contributed by atoms with Crippen molar-refractivity contribution in [3.63, 3.8) is 0 Å². The zero-order valence-electron chi connectivity index (χ0n) is 20.7. The molecule has 0 aromatic heterocycles. The number of nitro benzene ring substituents is 1. The number of piperidine rings is 1. The number of rotatable bonds is 9. The first-order valence-corrected chi connectivity index (χ1v) is 13.5. The van der Waals surface area contributed by atoms with Crippen LogP contribution in [0.3, 0.4) is 0 Å². The van der Waals surface area contributed by atoms with Crippen LogP contribution in [0.5, 0.6) is 0 Å². The van der Waals surface area contributed by atoms with Crippen molar-refractivity contribution in [3.8, 4) is 0 Å². The fourth-order valence-corrected chi connectivity index (χ4v) is 6.07. The average Bonchev–Trinajstić information content (AvgIpc) is 2.89. The Labute approximate surface area is 213 Å². The van der Waals surface area contributed by atoms with E-state index >= 15 is 0 Å². The summed E-state index contributed by atoms with van der Waals surface area (Å²) in [6.45, 7) is 2.52. The molecule has 3 aromatic rings. The van der Waals surface area contributed by atoms with E-state index in [4.69, 9.17) is 0 Å². The van der Waals surface area contributed by atoms with Crippen LogP contribution in [-0.4, -0.2) is 55.8 Å². The van der Waals surface area contributed by atoms with Gasteiger partial charge in [0.25, 0.3) is 5.69 Å². The summed E-state index contributed by atoms with van der Waals surface area (Å²) in [5.74, 6) is 0. The van der Waals surface area contributed by atoms with Crippen molar-refractivity contribution in [2.75, 3.05) is 32.1 Å². The van der Waals surface area contributed by atoms with Gasteiger partial charge in [-0.15, -0.1) is 0 Å². The first-order chi connectivity index (χ1) is 17.3. The normalized spacial score (nSPS) is 15.2. The molecule has 0 N–H and O–H groups in total. The van der Waals surface area contributed by atoms with Crippen molar-refractivity contribution in [1.29, 1.82) is 0 Å². The molecule has 0 aliphatic carbocycles. The predicted octanol–water partition coefficient (Wildman–Crippen LogP) is 4.52. The lowest BCUT2D eigenvalue weighted by atomic mass is 10.1. The molecule has 1 aliphatic rings. The summed E-state index contributed by atoms with van der Waals surface area (Å²) in [5.41, 5.74) is 2.16. The maximum absolute atomic E-state index is 13.4. The van der Waals surface area contributed by atoms with Crippen molar-refractivity contribution in [3.05, 3.63) is 100 Å². The van der Waals surface area contributed by atoms with Crippen molar-refractivity contribution < 1.29 is 13.3 Å². The van der Waals surface area contributed by atoms with E-state index in [1.54, 1.807) is 13.1 Å².